The van der Waals surface area contributed by atoms with Crippen LogP contribution in [-0.2, 0) is 6.42 Å². The minimum absolute atomic E-state index is 1.04. The minimum atomic E-state index is 1.04. The van der Waals surface area contributed by atoms with Crippen molar-refractivity contribution < 1.29 is 0 Å². The zero-order valence-corrected chi connectivity index (χ0v) is 9.76. The molecular weight excluding hydrogens is 196 g/mol. The van der Waals surface area contributed by atoms with Crippen LogP contribution in [0.15, 0.2) is 47.6 Å². The number of hydrogen-bond donors (Lipinski definition) is 0. The molecule has 0 amide bonds. The van der Waals surface area contributed by atoms with Gasteiger partial charge in [0.15, 0.2) is 0 Å². The van der Waals surface area contributed by atoms with Crippen molar-refractivity contribution in [1.82, 2.24) is 4.90 Å². The van der Waals surface area contributed by atoms with Crippen LogP contribution < -0.4 is 0 Å². The van der Waals surface area contributed by atoms with E-state index in [1.54, 1.807) is 0 Å². The van der Waals surface area contributed by atoms with E-state index in [0.717, 1.165) is 25.8 Å². The second-order valence-electron chi connectivity index (χ2n) is 4.13. The topological polar surface area (TPSA) is 15.6 Å². The summed E-state index contributed by atoms with van der Waals surface area (Å²) in [6.07, 6.45) is 7.31. The van der Waals surface area contributed by atoms with Crippen molar-refractivity contribution in [2.75, 3.05) is 13.6 Å². The molecule has 0 aromatic heterocycles. The van der Waals surface area contributed by atoms with Gasteiger partial charge in [0, 0.05) is 26.2 Å². The van der Waals surface area contributed by atoms with E-state index in [0.29, 0.717) is 0 Å². The fourth-order valence-electron chi connectivity index (χ4n) is 1.85. The SMILES string of the molecule is CN(CCc1ccccc1)C1=NC=CCC1. The summed E-state index contributed by atoms with van der Waals surface area (Å²) in [6.45, 7) is 1.04. The smallest absolute Gasteiger partial charge is 0.104 e. The molecule has 0 fully saturated rings. The van der Waals surface area contributed by atoms with Gasteiger partial charge in [0.1, 0.15) is 5.84 Å². The first-order chi connectivity index (χ1) is 7.86. The normalized spacial score (nSPS) is 14.7. The third-order valence-electron chi connectivity index (χ3n) is 2.88. The zero-order valence-electron chi connectivity index (χ0n) is 9.76. The number of allylic oxidation sites excluding steroid dienone is 1. The van der Waals surface area contributed by atoms with Crippen molar-refractivity contribution in [3.63, 3.8) is 0 Å². The monoisotopic (exact) mass is 214 g/mol. The van der Waals surface area contributed by atoms with E-state index >= 15 is 0 Å². The minimum Gasteiger partial charge on any atom is -0.363 e. The van der Waals surface area contributed by atoms with Crippen LogP contribution in [0.4, 0.5) is 0 Å². The third kappa shape index (κ3) is 2.96. The van der Waals surface area contributed by atoms with E-state index in [1.807, 2.05) is 6.20 Å². The average molecular weight is 214 g/mol. The van der Waals surface area contributed by atoms with Crippen molar-refractivity contribution in [3.05, 3.63) is 48.2 Å². The van der Waals surface area contributed by atoms with Crippen LogP contribution in [0.3, 0.4) is 0 Å². The fourth-order valence-corrected chi connectivity index (χ4v) is 1.85. The molecule has 2 heteroatoms. The number of rotatable bonds is 3. The van der Waals surface area contributed by atoms with E-state index in [2.05, 4.69) is 53.3 Å². The molecule has 0 radical (unpaired) electrons. The van der Waals surface area contributed by atoms with Crippen molar-refractivity contribution in [3.8, 4) is 0 Å². The van der Waals surface area contributed by atoms with E-state index in [-0.39, 0.29) is 0 Å². The molecule has 1 aliphatic rings. The van der Waals surface area contributed by atoms with E-state index in [9.17, 15) is 0 Å². The van der Waals surface area contributed by atoms with Crippen LogP contribution >= 0.6 is 0 Å². The van der Waals surface area contributed by atoms with Crippen molar-refractivity contribution in [2.24, 2.45) is 4.99 Å². The number of hydrogen-bond acceptors (Lipinski definition) is 2. The Morgan fingerprint density at radius 1 is 1.25 bits per heavy atom. The number of aliphatic imine (C=N–C) groups is 1. The first-order valence-corrected chi connectivity index (χ1v) is 5.83. The Kier molecular flexibility index (Phi) is 3.76. The van der Waals surface area contributed by atoms with Crippen molar-refractivity contribution in [2.45, 2.75) is 19.3 Å². The highest BCUT2D eigenvalue weighted by Crippen LogP contribution is 2.07. The number of amidine groups is 1. The lowest BCUT2D eigenvalue weighted by Crippen LogP contribution is -2.29. The predicted octanol–water partition coefficient (Wildman–Crippen LogP) is 2.87. The van der Waals surface area contributed by atoms with E-state index in [4.69, 9.17) is 0 Å². The predicted molar refractivity (Wildman–Crippen MR) is 68.6 cm³/mol. The third-order valence-corrected chi connectivity index (χ3v) is 2.88. The highest BCUT2D eigenvalue weighted by molar-refractivity contribution is 5.83. The highest BCUT2D eigenvalue weighted by Gasteiger charge is 2.07. The maximum absolute atomic E-state index is 4.40. The van der Waals surface area contributed by atoms with Gasteiger partial charge in [0.05, 0.1) is 0 Å². The summed E-state index contributed by atoms with van der Waals surface area (Å²) >= 11 is 0. The molecule has 0 spiro atoms. The first-order valence-electron chi connectivity index (χ1n) is 5.83. The van der Waals surface area contributed by atoms with Crippen LogP contribution in [0.5, 0.6) is 0 Å². The standard InChI is InChI=1S/C14H18N2/c1-16(14-9-5-6-11-15-14)12-10-13-7-3-2-4-8-13/h2-4,6-8,11H,5,9-10,12H2,1H3. The van der Waals surface area contributed by atoms with Crippen LogP contribution in [0.1, 0.15) is 18.4 Å². The summed E-state index contributed by atoms with van der Waals surface area (Å²) in [5.41, 5.74) is 1.39. The van der Waals surface area contributed by atoms with Gasteiger partial charge >= 0.3 is 0 Å². The van der Waals surface area contributed by atoms with Crippen LogP contribution in [-0.4, -0.2) is 24.3 Å². The number of nitrogens with zero attached hydrogens (tertiary/aromatic N) is 2. The zero-order chi connectivity index (χ0) is 11.2. The average Bonchev–Trinajstić information content (AvgIpc) is 2.38. The summed E-state index contributed by atoms with van der Waals surface area (Å²) in [5, 5.41) is 0. The second-order valence-corrected chi connectivity index (χ2v) is 4.13. The number of benzene rings is 1. The highest BCUT2D eigenvalue weighted by atomic mass is 15.2. The van der Waals surface area contributed by atoms with Gasteiger partial charge in [-0.2, -0.15) is 0 Å². The quantitative estimate of drug-likeness (QED) is 0.755. The Morgan fingerprint density at radius 3 is 2.75 bits per heavy atom. The van der Waals surface area contributed by atoms with E-state index < -0.39 is 0 Å². The van der Waals surface area contributed by atoms with Gasteiger partial charge in [-0.15, -0.1) is 0 Å². The van der Waals surface area contributed by atoms with Gasteiger partial charge in [-0.3, -0.25) is 0 Å². The molecule has 1 aromatic carbocycles. The van der Waals surface area contributed by atoms with Crippen LogP contribution in [0.2, 0.25) is 0 Å². The van der Waals surface area contributed by atoms with Gasteiger partial charge in [-0.1, -0.05) is 36.4 Å². The molecule has 1 aromatic rings. The lowest BCUT2D eigenvalue weighted by atomic mass is 10.1. The molecule has 0 N–H and O–H groups in total. The molecular formula is C14H18N2. The Labute approximate surface area is 97.3 Å². The lowest BCUT2D eigenvalue weighted by molar-refractivity contribution is 0.495. The van der Waals surface area contributed by atoms with Crippen molar-refractivity contribution >= 4 is 5.84 Å². The molecule has 84 valence electrons. The molecule has 2 rings (SSSR count). The van der Waals surface area contributed by atoms with Crippen LogP contribution in [0, 0.1) is 0 Å². The summed E-state index contributed by atoms with van der Waals surface area (Å²) in [6, 6.07) is 10.6. The van der Waals surface area contributed by atoms with E-state index in [1.165, 1.54) is 11.4 Å². The summed E-state index contributed by atoms with van der Waals surface area (Å²) in [4.78, 5) is 6.66. The Bertz CT molecular complexity index is 379. The molecule has 0 saturated carbocycles. The van der Waals surface area contributed by atoms with Gasteiger partial charge < -0.3 is 4.90 Å². The molecule has 16 heavy (non-hydrogen) atoms. The summed E-state index contributed by atoms with van der Waals surface area (Å²) < 4.78 is 0. The lowest BCUT2D eigenvalue weighted by Gasteiger charge is -2.22. The second kappa shape index (κ2) is 5.50. The molecule has 0 aliphatic carbocycles. The molecule has 0 bridgehead atoms. The Balaban J connectivity index is 1.86. The van der Waals surface area contributed by atoms with Gasteiger partial charge in [0.25, 0.3) is 0 Å². The van der Waals surface area contributed by atoms with Gasteiger partial charge in [0.2, 0.25) is 0 Å². The Hall–Kier alpha value is -1.57. The van der Waals surface area contributed by atoms with Crippen LogP contribution in [0.25, 0.3) is 0 Å². The molecule has 0 atom stereocenters. The van der Waals surface area contributed by atoms with Crippen molar-refractivity contribution in [1.29, 1.82) is 0 Å². The first kappa shape index (κ1) is 10.9. The molecule has 1 aliphatic heterocycles. The van der Waals surface area contributed by atoms with Gasteiger partial charge in [-0.05, 0) is 18.4 Å². The summed E-state index contributed by atoms with van der Waals surface area (Å²) in [5.74, 6) is 1.21. The fraction of sp³-hybridized carbons (Fsp3) is 0.357. The maximum Gasteiger partial charge on any atom is 0.104 e. The Morgan fingerprint density at radius 2 is 2.06 bits per heavy atom. The largest absolute Gasteiger partial charge is 0.363 e. The molecule has 1 heterocycles. The molecule has 2 nitrogen and oxygen atoms in total. The molecule has 0 unspecified atom stereocenters. The summed E-state index contributed by atoms with van der Waals surface area (Å²) in [7, 11) is 2.13. The van der Waals surface area contributed by atoms with Gasteiger partial charge in [-0.25, -0.2) is 4.99 Å². The molecule has 0 saturated heterocycles. The maximum atomic E-state index is 4.40. The number of likely N-dealkylation sites (N-methyl/N-ethyl adjacent to an activating group) is 1.